The van der Waals surface area contributed by atoms with Crippen molar-refractivity contribution in [3.63, 3.8) is 0 Å². The lowest BCUT2D eigenvalue weighted by Gasteiger charge is -2.07. The summed E-state index contributed by atoms with van der Waals surface area (Å²) >= 11 is 0. The zero-order valence-electron chi connectivity index (χ0n) is 12.9. The van der Waals surface area contributed by atoms with Gasteiger partial charge in [0.2, 0.25) is 11.8 Å². The van der Waals surface area contributed by atoms with E-state index in [9.17, 15) is 9.59 Å². The van der Waals surface area contributed by atoms with Gasteiger partial charge in [-0.05, 0) is 36.9 Å². The van der Waals surface area contributed by atoms with Gasteiger partial charge >= 0.3 is 0 Å². The molecule has 1 saturated carbocycles. The Balaban J connectivity index is 0.00000242. The number of halogens is 2. The highest BCUT2D eigenvalue weighted by Gasteiger charge is 2.20. The molecule has 6 nitrogen and oxygen atoms in total. The number of nitrogens with one attached hydrogen (secondary N) is 3. The van der Waals surface area contributed by atoms with Crippen LogP contribution in [0.25, 0.3) is 0 Å². The number of carbonyl (C=O) groups is 2. The molecule has 1 aliphatic rings. The van der Waals surface area contributed by atoms with Crippen LogP contribution in [0.5, 0.6) is 0 Å². The van der Waals surface area contributed by atoms with E-state index in [-0.39, 0.29) is 43.0 Å². The number of amides is 2. The average molecular weight is 363 g/mol. The highest BCUT2D eigenvalue weighted by molar-refractivity contribution is 5.85. The summed E-state index contributed by atoms with van der Waals surface area (Å²) in [6.07, 6.45) is 6.23. The minimum atomic E-state index is -0.0786. The molecule has 3 N–H and O–H groups in total. The van der Waals surface area contributed by atoms with E-state index in [0.717, 1.165) is 18.0 Å². The molecule has 0 bridgehead atoms. The van der Waals surface area contributed by atoms with Crippen LogP contribution in [0.15, 0.2) is 24.5 Å². The quantitative estimate of drug-likeness (QED) is 0.612. The Labute approximate surface area is 149 Å². The first kappa shape index (κ1) is 21.6. The largest absolute Gasteiger partial charge is 0.354 e. The van der Waals surface area contributed by atoms with Gasteiger partial charge in [0, 0.05) is 31.9 Å². The van der Waals surface area contributed by atoms with Crippen LogP contribution < -0.4 is 16.0 Å². The maximum absolute atomic E-state index is 11.6. The summed E-state index contributed by atoms with van der Waals surface area (Å²) in [4.78, 5) is 27.1. The minimum Gasteiger partial charge on any atom is -0.354 e. The molecule has 0 saturated heterocycles. The Hall–Kier alpha value is -1.37. The summed E-state index contributed by atoms with van der Waals surface area (Å²) in [5.74, 6) is 0.622. The molecule has 8 heteroatoms. The van der Waals surface area contributed by atoms with Crippen LogP contribution in [-0.4, -0.2) is 36.4 Å². The van der Waals surface area contributed by atoms with Crippen LogP contribution in [0.4, 0.5) is 0 Å². The van der Waals surface area contributed by atoms with Crippen molar-refractivity contribution in [3.05, 3.63) is 30.1 Å². The fourth-order valence-corrected chi connectivity index (χ4v) is 1.88. The van der Waals surface area contributed by atoms with Gasteiger partial charge in [-0.2, -0.15) is 0 Å². The zero-order chi connectivity index (χ0) is 14.9. The summed E-state index contributed by atoms with van der Waals surface area (Å²) in [7, 11) is 0. The van der Waals surface area contributed by atoms with Gasteiger partial charge < -0.3 is 16.0 Å². The predicted octanol–water partition coefficient (Wildman–Crippen LogP) is 1.05. The number of carbonyl (C=O) groups excluding carboxylic acids is 2. The van der Waals surface area contributed by atoms with Gasteiger partial charge in [-0.25, -0.2) is 0 Å². The molecule has 0 aliphatic heterocycles. The summed E-state index contributed by atoms with van der Waals surface area (Å²) in [6, 6.07) is 3.73. The lowest BCUT2D eigenvalue weighted by atomic mass is 10.3. The Morgan fingerprint density at radius 2 is 1.96 bits per heavy atom. The van der Waals surface area contributed by atoms with E-state index in [4.69, 9.17) is 0 Å². The number of hydrogen-bond donors (Lipinski definition) is 3. The van der Waals surface area contributed by atoms with Gasteiger partial charge in [-0.15, -0.1) is 24.8 Å². The lowest BCUT2D eigenvalue weighted by molar-refractivity contribution is -0.122. The van der Waals surface area contributed by atoms with Crippen molar-refractivity contribution < 1.29 is 9.59 Å². The predicted molar refractivity (Wildman–Crippen MR) is 93.8 cm³/mol. The fraction of sp³-hybridized carbons (Fsp3) is 0.533. The van der Waals surface area contributed by atoms with E-state index >= 15 is 0 Å². The first-order chi connectivity index (χ1) is 10.2. The standard InChI is InChI=1S/C15H22N4O2.2ClH/c20-14(19-10-13-2-1-6-16-9-13)5-7-18-15(21)11-17-8-12-3-4-12;;/h1-2,6,9,12,17H,3-5,7-8,10-11H2,(H,18,21)(H,19,20);2*1H. The first-order valence-corrected chi connectivity index (χ1v) is 7.37. The third-order valence-corrected chi connectivity index (χ3v) is 3.30. The molecule has 2 rings (SSSR count). The summed E-state index contributed by atoms with van der Waals surface area (Å²) < 4.78 is 0. The van der Waals surface area contributed by atoms with Crippen molar-refractivity contribution in [1.82, 2.24) is 20.9 Å². The molecule has 0 spiro atoms. The van der Waals surface area contributed by atoms with Gasteiger partial charge in [0.15, 0.2) is 0 Å². The zero-order valence-corrected chi connectivity index (χ0v) is 14.5. The van der Waals surface area contributed by atoms with Crippen LogP contribution in [0, 0.1) is 5.92 Å². The van der Waals surface area contributed by atoms with E-state index in [1.54, 1.807) is 12.4 Å². The molecule has 1 aliphatic carbocycles. The molecule has 130 valence electrons. The second kappa shape index (κ2) is 12.1. The molecule has 2 amide bonds. The van der Waals surface area contributed by atoms with Gasteiger partial charge in [0.1, 0.15) is 0 Å². The van der Waals surface area contributed by atoms with Gasteiger partial charge in [-0.3, -0.25) is 14.6 Å². The van der Waals surface area contributed by atoms with E-state index < -0.39 is 0 Å². The van der Waals surface area contributed by atoms with Crippen LogP contribution in [0.1, 0.15) is 24.8 Å². The molecule has 1 fully saturated rings. The van der Waals surface area contributed by atoms with Crippen LogP contribution in [0.3, 0.4) is 0 Å². The first-order valence-electron chi connectivity index (χ1n) is 7.37. The van der Waals surface area contributed by atoms with Gasteiger partial charge in [0.25, 0.3) is 0 Å². The Morgan fingerprint density at radius 1 is 1.17 bits per heavy atom. The number of pyridine rings is 1. The summed E-state index contributed by atoms with van der Waals surface area (Å²) in [5.41, 5.74) is 0.958. The summed E-state index contributed by atoms with van der Waals surface area (Å²) in [5, 5.41) is 8.64. The highest BCUT2D eigenvalue weighted by atomic mass is 35.5. The normalized spacial score (nSPS) is 12.5. The van der Waals surface area contributed by atoms with Crippen molar-refractivity contribution in [2.24, 2.45) is 5.92 Å². The number of hydrogen-bond acceptors (Lipinski definition) is 4. The maximum atomic E-state index is 11.6. The van der Waals surface area contributed by atoms with Crippen molar-refractivity contribution in [2.75, 3.05) is 19.6 Å². The van der Waals surface area contributed by atoms with Crippen LogP contribution in [0.2, 0.25) is 0 Å². The molecule has 1 aromatic heterocycles. The molecule has 1 heterocycles. The van der Waals surface area contributed by atoms with Crippen LogP contribution >= 0.6 is 24.8 Å². The summed E-state index contributed by atoms with van der Waals surface area (Å²) in [6.45, 7) is 2.07. The average Bonchev–Trinajstić information content (AvgIpc) is 3.30. The monoisotopic (exact) mass is 362 g/mol. The maximum Gasteiger partial charge on any atom is 0.233 e. The molecule has 0 unspecified atom stereocenters. The van der Waals surface area contributed by atoms with Crippen molar-refractivity contribution in [3.8, 4) is 0 Å². The second-order valence-corrected chi connectivity index (χ2v) is 5.31. The minimum absolute atomic E-state index is 0. The van der Waals surface area contributed by atoms with Crippen molar-refractivity contribution >= 4 is 36.6 Å². The second-order valence-electron chi connectivity index (χ2n) is 5.31. The molecule has 0 radical (unpaired) electrons. The smallest absolute Gasteiger partial charge is 0.233 e. The number of rotatable bonds is 9. The third-order valence-electron chi connectivity index (χ3n) is 3.30. The molecule has 23 heavy (non-hydrogen) atoms. The van der Waals surface area contributed by atoms with E-state index in [1.807, 2.05) is 12.1 Å². The lowest BCUT2D eigenvalue weighted by Crippen LogP contribution is -2.36. The fourth-order valence-electron chi connectivity index (χ4n) is 1.88. The topological polar surface area (TPSA) is 83.1 Å². The Bertz CT molecular complexity index is 470. The SMILES string of the molecule is Cl.Cl.O=C(CCNC(=O)CNCC1CC1)NCc1cccnc1. The van der Waals surface area contributed by atoms with Crippen molar-refractivity contribution in [2.45, 2.75) is 25.8 Å². The van der Waals surface area contributed by atoms with E-state index in [2.05, 4.69) is 20.9 Å². The van der Waals surface area contributed by atoms with E-state index in [1.165, 1.54) is 12.8 Å². The Morgan fingerprint density at radius 3 is 2.61 bits per heavy atom. The Kier molecular flexibility index (Phi) is 11.4. The van der Waals surface area contributed by atoms with Crippen molar-refractivity contribution in [1.29, 1.82) is 0 Å². The molecular formula is C15H24Cl2N4O2. The molecule has 0 aromatic carbocycles. The molecule has 0 atom stereocenters. The number of nitrogens with zero attached hydrogens (tertiary/aromatic N) is 1. The molecular weight excluding hydrogens is 339 g/mol. The molecule has 1 aromatic rings. The van der Waals surface area contributed by atoms with Gasteiger partial charge in [0.05, 0.1) is 6.54 Å². The van der Waals surface area contributed by atoms with Gasteiger partial charge in [-0.1, -0.05) is 6.07 Å². The number of aromatic nitrogens is 1. The third kappa shape index (κ3) is 10.1. The van der Waals surface area contributed by atoms with E-state index in [0.29, 0.717) is 19.6 Å². The van der Waals surface area contributed by atoms with Crippen LogP contribution in [-0.2, 0) is 16.1 Å². The highest BCUT2D eigenvalue weighted by Crippen LogP contribution is 2.27.